The predicted molar refractivity (Wildman–Crippen MR) is 241 cm³/mol. The van der Waals surface area contributed by atoms with E-state index in [1.807, 2.05) is 0 Å². The molecule has 3 N–H and O–H groups in total. The maximum atomic E-state index is 13.1. The molecule has 0 aliphatic carbocycles. The smallest absolute Gasteiger partial charge is 0.306 e. The van der Waals surface area contributed by atoms with Gasteiger partial charge >= 0.3 is 5.97 Å². The van der Waals surface area contributed by atoms with Gasteiger partial charge in [-0.15, -0.1) is 0 Å². The third-order valence-corrected chi connectivity index (χ3v) is 11.3. The lowest BCUT2D eigenvalue weighted by molar-refractivity contribution is -0.151. The standard InChI is InChI=1S/C50H95NO5/c1-4-7-10-13-16-19-20-21-22-23-24-25-26-27-28-31-34-37-40-43-50(55)56-46(41-38-35-32-29-17-14-11-8-5-2)44-49(54)51-47(45-52)48(53)42-39-36-33-30-18-15-12-9-6-3/h14,17,21-22,46-48,52-53H,4-13,15-16,18-20,23-45H2,1-3H3,(H,51,54)/b17-14-,22-21+. The molecule has 0 heterocycles. The van der Waals surface area contributed by atoms with E-state index in [2.05, 4.69) is 50.4 Å². The number of aliphatic hydroxyl groups excluding tert-OH is 2. The summed E-state index contributed by atoms with van der Waals surface area (Å²) in [6, 6.07) is -0.700. The number of carbonyl (C=O) groups excluding carboxylic acids is 2. The van der Waals surface area contributed by atoms with Crippen LogP contribution in [0.1, 0.15) is 258 Å². The van der Waals surface area contributed by atoms with Crippen LogP contribution in [-0.2, 0) is 14.3 Å². The van der Waals surface area contributed by atoms with Gasteiger partial charge in [0.1, 0.15) is 6.10 Å². The lowest BCUT2D eigenvalue weighted by atomic mass is 10.0. The van der Waals surface area contributed by atoms with Crippen molar-refractivity contribution in [2.45, 2.75) is 277 Å². The minimum atomic E-state index is -0.785. The molecular weight excluding hydrogens is 695 g/mol. The van der Waals surface area contributed by atoms with E-state index in [4.69, 9.17) is 4.74 Å². The molecule has 0 saturated carbocycles. The van der Waals surface area contributed by atoms with Gasteiger partial charge in [0.15, 0.2) is 0 Å². The molecule has 0 aromatic rings. The third kappa shape index (κ3) is 39.2. The first-order valence-corrected chi connectivity index (χ1v) is 24.6. The molecule has 0 aromatic heterocycles. The summed E-state index contributed by atoms with van der Waals surface area (Å²) in [6.45, 7) is 6.41. The zero-order chi connectivity index (χ0) is 41.0. The second-order valence-corrected chi connectivity index (χ2v) is 16.9. The summed E-state index contributed by atoms with van der Waals surface area (Å²) < 4.78 is 5.90. The second kappa shape index (κ2) is 44.4. The Morgan fingerprint density at radius 3 is 1.34 bits per heavy atom. The van der Waals surface area contributed by atoms with Crippen molar-refractivity contribution in [3.8, 4) is 0 Å². The molecule has 330 valence electrons. The summed E-state index contributed by atoms with van der Waals surface area (Å²) in [5.41, 5.74) is 0. The van der Waals surface area contributed by atoms with Crippen LogP contribution in [0.25, 0.3) is 0 Å². The number of nitrogens with one attached hydrogen (secondary N) is 1. The highest BCUT2D eigenvalue weighted by Crippen LogP contribution is 2.17. The molecule has 0 bridgehead atoms. The lowest BCUT2D eigenvalue weighted by Gasteiger charge is -2.24. The second-order valence-electron chi connectivity index (χ2n) is 16.9. The number of amides is 1. The average Bonchev–Trinajstić information content (AvgIpc) is 3.19. The van der Waals surface area contributed by atoms with E-state index in [0.717, 1.165) is 70.6 Å². The normalized spacial score (nSPS) is 13.4. The average molecular weight is 790 g/mol. The summed E-state index contributed by atoms with van der Waals surface area (Å²) in [7, 11) is 0. The quantitative estimate of drug-likeness (QED) is 0.0324. The van der Waals surface area contributed by atoms with E-state index in [1.54, 1.807) is 0 Å². The van der Waals surface area contributed by atoms with Gasteiger partial charge in [-0.1, -0.05) is 199 Å². The molecule has 0 saturated heterocycles. The van der Waals surface area contributed by atoms with Gasteiger partial charge in [0.05, 0.1) is 25.2 Å². The maximum Gasteiger partial charge on any atom is 0.306 e. The van der Waals surface area contributed by atoms with Crippen LogP contribution >= 0.6 is 0 Å². The molecule has 3 atom stereocenters. The molecule has 6 heteroatoms. The minimum absolute atomic E-state index is 0.0688. The van der Waals surface area contributed by atoms with Crippen molar-refractivity contribution in [2.24, 2.45) is 0 Å². The number of rotatable bonds is 44. The Morgan fingerprint density at radius 2 is 0.875 bits per heavy atom. The summed E-state index contributed by atoms with van der Waals surface area (Å²) in [6.07, 6.45) is 49.7. The fourth-order valence-electron chi connectivity index (χ4n) is 7.46. The molecule has 0 aliphatic heterocycles. The first-order chi connectivity index (χ1) is 27.5. The Morgan fingerprint density at radius 1 is 0.500 bits per heavy atom. The zero-order valence-corrected chi connectivity index (χ0v) is 37.5. The predicted octanol–water partition coefficient (Wildman–Crippen LogP) is 14.3. The first kappa shape index (κ1) is 54.3. The van der Waals surface area contributed by atoms with Crippen LogP contribution in [0.5, 0.6) is 0 Å². The number of ether oxygens (including phenoxy) is 1. The highest BCUT2D eigenvalue weighted by Gasteiger charge is 2.24. The topological polar surface area (TPSA) is 95.9 Å². The van der Waals surface area contributed by atoms with Crippen molar-refractivity contribution in [3.63, 3.8) is 0 Å². The Labute approximate surface area is 348 Å². The van der Waals surface area contributed by atoms with Crippen LogP contribution < -0.4 is 5.32 Å². The van der Waals surface area contributed by atoms with Crippen LogP contribution in [0.15, 0.2) is 24.3 Å². The molecule has 6 nitrogen and oxygen atoms in total. The number of hydrogen-bond donors (Lipinski definition) is 3. The molecule has 0 fully saturated rings. The van der Waals surface area contributed by atoms with Gasteiger partial charge in [-0.3, -0.25) is 9.59 Å². The van der Waals surface area contributed by atoms with Crippen molar-refractivity contribution in [3.05, 3.63) is 24.3 Å². The minimum Gasteiger partial charge on any atom is -0.462 e. The van der Waals surface area contributed by atoms with E-state index in [9.17, 15) is 19.8 Å². The Balaban J connectivity index is 4.41. The van der Waals surface area contributed by atoms with Crippen LogP contribution in [0.3, 0.4) is 0 Å². The molecule has 0 spiro atoms. The van der Waals surface area contributed by atoms with Crippen molar-refractivity contribution in [2.75, 3.05) is 6.61 Å². The summed E-state index contributed by atoms with van der Waals surface area (Å²) in [5, 5.41) is 23.6. The molecule has 1 amide bonds. The first-order valence-electron chi connectivity index (χ1n) is 24.6. The summed E-state index contributed by atoms with van der Waals surface area (Å²) >= 11 is 0. The molecular formula is C50H95NO5. The van der Waals surface area contributed by atoms with Gasteiger partial charge in [-0.2, -0.15) is 0 Å². The van der Waals surface area contributed by atoms with Crippen LogP contribution in [-0.4, -0.2) is 46.9 Å². The van der Waals surface area contributed by atoms with E-state index >= 15 is 0 Å². The van der Waals surface area contributed by atoms with Gasteiger partial charge in [-0.25, -0.2) is 0 Å². The Kier molecular flexibility index (Phi) is 43.1. The molecule has 0 aliphatic rings. The lowest BCUT2D eigenvalue weighted by Crippen LogP contribution is -2.46. The van der Waals surface area contributed by atoms with E-state index in [-0.39, 0.29) is 24.9 Å². The van der Waals surface area contributed by atoms with Gasteiger partial charge in [0.25, 0.3) is 0 Å². The third-order valence-electron chi connectivity index (χ3n) is 11.3. The zero-order valence-electron chi connectivity index (χ0n) is 37.5. The van der Waals surface area contributed by atoms with Crippen molar-refractivity contribution < 1.29 is 24.5 Å². The maximum absolute atomic E-state index is 13.1. The van der Waals surface area contributed by atoms with Gasteiger partial charge in [-0.05, 0) is 70.6 Å². The fourth-order valence-corrected chi connectivity index (χ4v) is 7.46. The molecule has 0 rings (SSSR count). The van der Waals surface area contributed by atoms with E-state index in [1.165, 1.54) is 141 Å². The van der Waals surface area contributed by atoms with Crippen molar-refractivity contribution in [1.29, 1.82) is 0 Å². The highest BCUT2D eigenvalue weighted by atomic mass is 16.5. The fraction of sp³-hybridized carbons (Fsp3) is 0.880. The monoisotopic (exact) mass is 790 g/mol. The highest BCUT2D eigenvalue weighted by molar-refractivity contribution is 5.77. The summed E-state index contributed by atoms with van der Waals surface area (Å²) in [4.78, 5) is 26.0. The largest absolute Gasteiger partial charge is 0.462 e. The Hall–Kier alpha value is -1.66. The summed E-state index contributed by atoms with van der Waals surface area (Å²) in [5.74, 6) is -0.487. The van der Waals surface area contributed by atoms with Crippen molar-refractivity contribution in [1.82, 2.24) is 5.32 Å². The van der Waals surface area contributed by atoms with E-state index < -0.39 is 18.2 Å². The van der Waals surface area contributed by atoms with Crippen LogP contribution in [0.2, 0.25) is 0 Å². The van der Waals surface area contributed by atoms with Gasteiger partial charge < -0.3 is 20.3 Å². The number of unbranched alkanes of at least 4 members (excludes halogenated alkanes) is 28. The van der Waals surface area contributed by atoms with Crippen LogP contribution in [0.4, 0.5) is 0 Å². The molecule has 3 unspecified atom stereocenters. The van der Waals surface area contributed by atoms with Crippen LogP contribution in [0, 0.1) is 0 Å². The molecule has 0 aromatic carbocycles. The van der Waals surface area contributed by atoms with Gasteiger partial charge in [0.2, 0.25) is 5.91 Å². The molecule has 0 radical (unpaired) electrons. The number of aliphatic hydroxyl groups is 2. The van der Waals surface area contributed by atoms with Gasteiger partial charge in [0, 0.05) is 6.42 Å². The molecule has 56 heavy (non-hydrogen) atoms. The van der Waals surface area contributed by atoms with Crippen molar-refractivity contribution >= 4 is 11.9 Å². The number of hydrogen-bond acceptors (Lipinski definition) is 5. The SMILES string of the molecule is CCCC/C=C\CCCCCC(CC(=O)NC(CO)C(O)CCCCCCCCCCC)OC(=O)CCCCCCCCCCC/C=C/CCCCCCCC. The Bertz CT molecular complexity index is 889. The number of carbonyl (C=O) groups is 2. The van der Waals surface area contributed by atoms with E-state index in [0.29, 0.717) is 19.3 Å². The number of allylic oxidation sites excluding steroid dienone is 4. The number of esters is 1.